The SMILES string of the molecule is CCC1(F)C=C(F)C=NC1C(=O)O. The van der Waals surface area contributed by atoms with Gasteiger partial charge in [-0.1, -0.05) is 6.92 Å². The molecule has 0 bridgehead atoms. The molecule has 1 rings (SSSR count). The molecule has 0 aromatic heterocycles. The van der Waals surface area contributed by atoms with Gasteiger partial charge in [0, 0.05) is 0 Å². The molecule has 1 heterocycles. The molecule has 1 N–H and O–H groups in total. The lowest BCUT2D eigenvalue weighted by molar-refractivity contribution is -0.141. The third kappa shape index (κ3) is 1.74. The number of nitrogens with zero attached hydrogens (tertiary/aromatic N) is 1. The minimum atomic E-state index is -2.20. The van der Waals surface area contributed by atoms with E-state index >= 15 is 0 Å². The molecule has 0 aliphatic carbocycles. The molecule has 1 aliphatic rings. The number of hydrogen-bond acceptors (Lipinski definition) is 2. The Kier molecular flexibility index (Phi) is 2.45. The molecular formula is C8H9F2NO2. The summed E-state index contributed by atoms with van der Waals surface area (Å²) in [4.78, 5) is 13.8. The Bertz CT molecular complexity index is 288. The maximum absolute atomic E-state index is 13.7. The molecule has 1 aliphatic heterocycles. The molecule has 2 atom stereocenters. The van der Waals surface area contributed by atoms with Gasteiger partial charge in [0.25, 0.3) is 0 Å². The van der Waals surface area contributed by atoms with E-state index in [1.165, 1.54) is 6.92 Å². The fraction of sp³-hybridized carbons (Fsp3) is 0.500. The number of rotatable bonds is 2. The lowest BCUT2D eigenvalue weighted by atomic mass is 9.91. The van der Waals surface area contributed by atoms with Gasteiger partial charge >= 0.3 is 5.97 Å². The van der Waals surface area contributed by atoms with E-state index in [0.29, 0.717) is 6.08 Å². The largest absolute Gasteiger partial charge is 0.480 e. The predicted octanol–water partition coefficient (Wildman–Crippen LogP) is 1.50. The summed E-state index contributed by atoms with van der Waals surface area (Å²) in [6.45, 7) is 1.44. The summed E-state index contributed by atoms with van der Waals surface area (Å²) in [6.07, 6.45) is 1.28. The van der Waals surface area contributed by atoms with Crippen LogP contribution in [0.5, 0.6) is 0 Å². The Labute approximate surface area is 73.8 Å². The van der Waals surface area contributed by atoms with E-state index in [4.69, 9.17) is 5.11 Å². The van der Waals surface area contributed by atoms with Gasteiger partial charge in [-0.2, -0.15) is 0 Å². The fourth-order valence-corrected chi connectivity index (χ4v) is 1.18. The normalized spacial score (nSPS) is 32.8. The van der Waals surface area contributed by atoms with E-state index in [1.807, 2.05) is 0 Å². The van der Waals surface area contributed by atoms with Crippen molar-refractivity contribution in [3.8, 4) is 0 Å². The molecule has 0 saturated carbocycles. The first kappa shape index (κ1) is 9.83. The Balaban J connectivity index is 3.01. The molecule has 0 amide bonds. The molecule has 0 fully saturated rings. The van der Waals surface area contributed by atoms with Crippen LogP contribution in [0.4, 0.5) is 8.78 Å². The zero-order chi connectivity index (χ0) is 10.1. The third-order valence-corrected chi connectivity index (χ3v) is 1.96. The van der Waals surface area contributed by atoms with E-state index in [-0.39, 0.29) is 6.42 Å². The molecule has 5 heteroatoms. The van der Waals surface area contributed by atoms with Crippen molar-refractivity contribution < 1.29 is 18.7 Å². The van der Waals surface area contributed by atoms with Gasteiger partial charge in [-0.15, -0.1) is 0 Å². The minimum Gasteiger partial charge on any atom is -0.480 e. The molecule has 3 nitrogen and oxygen atoms in total. The van der Waals surface area contributed by atoms with Crippen molar-refractivity contribution in [1.29, 1.82) is 0 Å². The number of allylic oxidation sites excluding steroid dienone is 1. The summed E-state index contributed by atoms with van der Waals surface area (Å²) in [5.74, 6) is -2.22. The second kappa shape index (κ2) is 3.24. The van der Waals surface area contributed by atoms with Gasteiger partial charge in [-0.3, -0.25) is 4.99 Å². The number of halogens is 2. The van der Waals surface area contributed by atoms with Gasteiger partial charge in [0.1, 0.15) is 5.83 Å². The van der Waals surface area contributed by atoms with Crippen LogP contribution in [0.3, 0.4) is 0 Å². The van der Waals surface area contributed by atoms with Crippen LogP contribution < -0.4 is 0 Å². The first-order valence-corrected chi connectivity index (χ1v) is 3.83. The first-order valence-electron chi connectivity index (χ1n) is 3.83. The van der Waals surface area contributed by atoms with Gasteiger partial charge < -0.3 is 5.11 Å². The highest BCUT2D eigenvalue weighted by Gasteiger charge is 2.42. The number of carbonyl (C=O) groups is 1. The van der Waals surface area contributed by atoms with E-state index in [0.717, 1.165) is 6.21 Å². The van der Waals surface area contributed by atoms with Crippen molar-refractivity contribution in [2.24, 2.45) is 4.99 Å². The standard InChI is InChI=1S/C8H9F2NO2/c1-2-8(10)3-5(9)4-11-6(8)7(12)13/h3-4,6H,2H2,1H3,(H,12,13). The van der Waals surface area contributed by atoms with Crippen LogP contribution in [0.15, 0.2) is 16.9 Å². The highest BCUT2D eigenvalue weighted by Crippen LogP contribution is 2.29. The van der Waals surface area contributed by atoms with Crippen molar-refractivity contribution in [3.05, 3.63) is 11.9 Å². The molecule has 13 heavy (non-hydrogen) atoms. The number of hydrogen-bond donors (Lipinski definition) is 1. The first-order chi connectivity index (χ1) is 5.99. The molecule has 0 aromatic rings. The van der Waals surface area contributed by atoms with Crippen LogP contribution in [0.25, 0.3) is 0 Å². The Hall–Kier alpha value is -1.26. The summed E-state index contributed by atoms with van der Waals surface area (Å²) < 4.78 is 26.2. The predicted molar refractivity (Wildman–Crippen MR) is 43.2 cm³/mol. The number of dihydropyridines is 1. The van der Waals surface area contributed by atoms with Crippen molar-refractivity contribution in [3.63, 3.8) is 0 Å². The summed E-state index contributed by atoms with van der Waals surface area (Å²) in [7, 11) is 0. The topological polar surface area (TPSA) is 49.7 Å². The summed E-state index contributed by atoms with van der Waals surface area (Å²) in [5, 5.41) is 8.59. The quantitative estimate of drug-likeness (QED) is 0.715. The van der Waals surface area contributed by atoms with Crippen LogP contribution in [0.1, 0.15) is 13.3 Å². The average molecular weight is 189 g/mol. The van der Waals surface area contributed by atoms with E-state index in [9.17, 15) is 13.6 Å². The molecule has 0 saturated heterocycles. The van der Waals surface area contributed by atoms with Crippen LogP contribution in [0.2, 0.25) is 0 Å². The lowest BCUT2D eigenvalue weighted by Gasteiger charge is -2.26. The highest BCUT2D eigenvalue weighted by molar-refractivity contribution is 5.85. The van der Waals surface area contributed by atoms with Crippen LogP contribution in [0, 0.1) is 0 Å². The zero-order valence-corrected chi connectivity index (χ0v) is 7.00. The molecule has 0 aromatic carbocycles. The van der Waals surface area contributed by atoms with Crippen molar-refractivity contribution in [2.75, 3.05) is 0 Å². The van der Waals surface area contributed by atoms with Gasteiger partial charge in [0.15, 0.2) is 11.7 Å². The van der Waals surface area contributed by atoms with Gasteiger partial charge in [0.05, 0.1) is 6.21 Å². The Morgan fingerprint density at radius 1 is 1.85 bits per heavy atom. The zero-order valence-electron chi connectivity index (χ0n) is 7.00. The third-order valence-electron chi connectivity index (χ3n) is 1.96. The van der Waals surface area contributed by atoms with Crippen molar-refractivity contribution >= 4 is 12.2 Å². The molecule has 2 unspecified atom stereocenters. The molecule has 72 valence electrons. The average Bonchev–Trinajstić information content (AvgIpc) is 2.03. The Morgan fingerprint density at radius 3 is 2.92 bits per heavy atom. The Morgan fingerprint density at radius 2 is 2.46 bits per heavy atom. The monoisotopic (exact) mass is 189 g/mol. The summed E-state index contributed by atoms with van der Waals surface area (Å²) >= 11 is 0. The number of carboxylic acid groups (broad SMARTS) is 1. The second-order valence-corrected chi connectivity index (χ2v) is 2.83. The number of alkyl halides is 1. The smallest absolute Gasteiger partial charge is 0.332 e. The second-order valence-electron chi connectivity index (χ2n) is 2.83. The van der Waals surface area contributed by atoms with Crippen LogP contribution >= 0.6 is 0 Å². The maximum atomic E-state index is 13.7. The number of aliphatic imine (C=N–C) groups is 1. The van der Waals surface area contributed by atoms with Gasteiger partial charge in [0.2, 0.25) is 0 Å². The summed E-state index contributed by atoms with van der Waals surface area (Å²) in [6, 6.07) is -1.53. The van der Waals surface area contributed by atoms with E-state index in [1.54, 1.807) is 0 Å². The van der Waals surface area contributed by atoms with Gasteiger partial charge in [-0.05, 0) is 12.5 Å². The number of carboxylic acids is 1. The maximum Gasteiger partial charge on any atom is 0.332 e. The molecule has 0 spiro atoms. The van der Waals surface area contributed by atoms with Gasteiger partial charge in [-0.25, -0.2) is 13.6 Å². The van der Waals surface area contributed by atoms with Crippen LogP contribution in [-0.2, 0) is 4.79 Å². The van der Waals surface area contributed by atoms with E-state index in [2.05, 4.69) is 4.99 Å². The van der Waals surface area contributed by atoms with Crippen molar-refractivity contribution in [2.45, 2.75) is 25.1 Å². The number of aliphatic carboxylic acids is 1. The van der Waals surface area contributed by atoms with E-state index < -0.39 is 23.5 Å². The fourth-order valence-electron chi connectivity index (χ4n) is 1.18. The summed E-state index contributed by atoms with van der Waals surface area (Å²) in [5.41, 5.74) is -2.20. The van der Waals surface area contributed by atoms with Crippen molar-refractivity contribution in [1.82, 2.24) is 0 Å². The van der Waals surface area contributed by atoms with Crippen LogP contribution in [-0.4, -0.2) is 29.0 Å². The minimum absolute atomic E-state index is 0.116. The molecule has 0 radical (unpaired) electrons. The molecular weight excluding hydrogens is 180 g/mol. The lowest BCUT2D eigenvalue weighted by Crippen LogP contribution is -2.42. The highest BCUT2D eigenvalue weighted by atomic mass is 19.1.